The van der Waals surface area contributed by atoms with E-state index < -0.39 is 0 Å². The molecule has 0 radical (unpaired) electrons. The second-order valence-electron chi connectivity index (χ2n) is 2.80. The molecule has 0 aromatic heterocycles. The molecule has 1 N–H and O–H groups in total. The number of hydrogen-bond donors (Lipinski definition) is 1. The fraction of sp³-hybridized carbons (Fsp3) is 0.625. The maximum Gasteiger partial charge on any atom is 0.239 e. The number of likely N-dealkylation sites (N-methyl/N-ethyl adjacent to an activating group) is 1. The first kappa shape index (κ1) is 8.27. The van der Waals surface area contributed by atoms with Gasteiger partial charge in [0.15, 0.2) is 0 Å². The number of nitrogens with one attached hydrogen (secondary N) is 1. The second kappa shape index (κ2) is 3.53. The van der Waals surface area contributed by atoms with Gasteiger partial charge in [-0.3, -0.25) is 4.79 Å². The molecule has 0 bridgehead atoms. The van der Waals surface area contributed by atoms with E-state index in [9.17, 15) is 4.79 Å². The molecule has 0 aromatic rings. The topological polar surface area (TPSA) is 32.3 Å². The molecule has 3 heteroatoms. The fourth-order valence-corrected chi connectivity index (χ4v) is 1.24. The van der Waals surface area contributed by atoms with Crippen molar-refractivity contribution in [3.05, 3.63) is 12.7 Å². The number of carbonyl (C=O) groups excluding carboxylic acids is 1. The molecule has 1 fully saturated rings. The van der Waals surface area contributed by atoms with E-state index in [-0.39, 0.29) is 11.9 Å². The maximum atomic E-state index is 11.2. The van der Waals surface area contributed by atoms with Crippen molar-refractivity contribution in [3.63, 3.8) is 0 Å². The van der Waals surface area contributed by atoms with Gasteiger partial charge in [0.2, 0.25) is 5.91 Å². The minimum Gasteiger partial charge on any atom is -0.344 e. The van der Waals surface area contributed by atoms with Crippen molar-refractivity contribution in [2.75, 3.05) is 20.1 Å². The number of rotatable bonds is 3. The van der Waals surface area contributed by atoms with Gasteiger partial charge < -0.3 is 10.2 Å². The lowest BCUT2D eigenvalue weighted by molar-refractivity contribution is -0.128. The lowest BCUT2D eigenvalue weighted by Crippen LogP contribution is -2.36. The van der Waals surface area contributed by atoms with Gasteiger partial charge >= 0.3 is 0 Å². The van der Waals surface area contributed by atoms with Crippen LogP contribution in [0.25, 0.3) is 0 Å². The number of likely N-dealkylation sites (tertiary alicyclic amines) is 1. The monoisotopic (exact) mass is 154 g/mol. The summed E-state index contributed by atoms with van der Waals surface area (Å²) in [6.45, 7) is 5.16. The molecule has 1 aliphatic heterocycles. The zero-order chi connectivity index (χ0) is 8.27. The molecule has 1 heterocycles. The molecule has 0 saturated carbocycles. The summed E-state index contributed by atoms with van der Waals surface area (Å²) in [4.78, 5) is 13.0. The Morgan fingerprint density at radius 1 is 1.91 bits per heavy atom. The Kier molecular flexibility index (Phi) is 2.65. The largest absolute Gasteiger partial charge is 0.344 e. The van der Waals surface area contributed by atoms with Crippen LogP contribution in [0.5, 0.6) is 0 Å². The lowest BCUT2D eigenvalue weighted by atomic mass is 10.2. The standard InChI is InChI=1S/C8H14N2O/c1-3-5-9-7-4-6-10(2)8(7)11/h3,7,9H,1,4-6H2,2H3/t7-/m0/s1. The zero-order valence-corrected chi connectivity index (χ0v) is 6.84. The molecule has 1 amide bonds. The third-order valence-electron chi connectivity index (χ3n) is 1.94. The number of amides is 1. The van der Waals surface area contributed by atoms with E-state index >= 15 is 0 Å². The molecule has 11 heavy (non-hydrogen) atoms. The van der Waals surface area contributed by atoms with E-state index in [0.717, 1.165) is 13.0 Å². The molecule has 0 unspecified atom stereocenters. The van der Waals surface area contributed by atoms with Crippen molar-refractivity contribution in [2.45, 2.75) is 12.5 Å². The summed E-state index contributed by atoms with van der Waals surface area (Å²) in [6, 6.07) is 0.0259. The molecule has 1 atom stereocenters. The average Bonchev–Trinajstić information content (AvgIpc) is 2.31. The Balaban J connectivity index is 2.36. The zero-order valence-electron chi connectivity index (χ0n) is 6.84. The molecule has 1 saturated heterocycles. The van der Waals surface area contributed by atoms with Crippen LogP contribution in [0.1, 0.15) is 6.42 Å². The molecule has 1 aliphatic rings. The maximum absolute atomic E-state index is 11.2. The summed E-state index contributed by atoms with van der Waals surface area (Å²) in [5.41, 5.74) is 0. The molecule has 1 rings (SSSR count). The van der Waals surface area contributed by atoms with E-state index in [1.807, 2.05) is 7.05 Å². The highest BCUT2D eigenvalue weighted by Crippen LogP contribution is 2.07. The molecule has 62 valence electrons. The Hall–Kier alpha value is -0.830. The Morgan fingerprint density at radius 2 is 2.64 bits per heavy atom. The van der Waals surface area contributed by atoms with Gasteiger partial charge in [0.1, 0.15) is 0 Å². The Morgan fingerprint density at radius 3 is 3.09 bits per heavy atom. The van der Waals surface area contributed by atoms with Crippen molar-refractivity contribution in [1.29, 1.82) is 0 Å². The second-order valence-corrected chi connectivity index (χ2v) is 2.80. The lowest BCUT2D eigenvalue weighted by Gasteiger charge is -2.09. The van der Waals surface area contributed by atoms with Gasteiger partial charge in [-0.15, -0.1) is 6.58 Å². The molecule has 3 nitrogen and oxygen atoms in total. The minimum absolute atomic E-state index is 0.0259. The van der Waals surface area contributed by atoms with E-state index in [0.29, 0.717) is 6.54 Å². The van der Waals surface area contributed by atoms with Crippen molar-refractivity contribution in [3.8, 4) is 0 Å². The average molecular weight is 154 g/mol. The predicted octanol–water partition coefficient (Wildman–Crippen LogP) is -0.00730. The van der Waals surface area contributed by atoms with E-state index in [1.165, 1.54) is 0 Å². The van der Waals surface area contributed by atoms with Gasteiger partial charge in [-0.2, -0.15) is 0 Å². The highest BCUT2D eigenvalue weighted by molar-refractivity contribution is 5.83. The highest BCUT2D eigenvalue weighted by atomic mass is 16.2. The minimum atomic E-state index is 0.0259. The number of nitrogens with zero attached hydrogens (tertiary/aromatic N) is 1. The van der Waals surface area contributed by atoms with Crippen LogP contribution in [0.3, 0.4) is 0 Å². The number of hydrogen-bond acceptors (Lipinski definition) is 2. The third-order valence-corrected chi connectivity index (χ3v) is 1.94. The van der Waals surface area contributed by atoms with Gasteiger partial charge in [0, 0.05) is 20.1 Å². The molecular weight excluding hydrogens is 140 g/mol. The van der Waals surface area contributed by atoms with Crippen molar-refractivity contribution < 1.29 is 4.79 Å². The van der Waals surface area contributed by atoms with Crippen LogP contribution in [-0.4, -0.2) is 37.0 Å². The van der Waals surface area contributed by atoms with Crippen LogP contribution in [-0.2, 0) is 4.79 Å². The molecular formula is C8H14N2O. The van der Waals surface area contributed by atoms with Crippen LogP contribution in [0.4, 0.5) is 0 Å². The SMILES string of the molecule is C=CCN[C@H]1CCN(C)C1=O. The Labute approximate surface area is 67.1 Å². The van der Waals surface area contributed by atoms with E-state index in [2.05, 4.69) is 11.9 Å². The van der Waals surface area contributed by atoms with Crippen molar-refractivity contribution in [1.82, 2.24) is 10.2 Å². The van der Waals surface area contributed by atoms with Crippen molar-refractivity contribution in [2.24, 2.45) is 0 Å². The predicted molar refractivity (Wildman–Crippen MR) is 44.2 cm³/mol. The van der Waals surface area contributed by atoms with E-state index in [1.54, 1.807) is 11.0 Å². The number of carbonyl (C=O) groups is 1. The first-order valence-corrected chi connectivity index (χ1v) is 3.85. The van der Waals surface area contributed by atoms with Crippen LogP contribution < -0.4 is 5.32 Å². The first-order chi connectivity index (χ1) is 5.25. The fourth-order valence-electron chi connectivity index (χ4n) is 1.24. The summed E-state index contributed by atoms with van der Waals surface area (Å²) in [7, 11) is 1.83. The summed E-state index contributed by atoms with van der Waals surface area (Å²) in [5.74, 6) is 0.201. The normalized spacial score (nSPS) is 24.3. The summed E-state index contributed by atoms with van der Waals surface area (Å²) < 4.78 is 0. The van der Waals surface area contributed by atoms with Crippen LogP contribution in [0.15, 0.2) is 12.7 Å². The smallest absolute Gasteiger partial charge is 0.239 e. The van der Waals surface area contributed by atoms with Gasteiger partial charge in [0.05, 0.1) is 6.04 Å². The highest BCUT2D eigenvalue weighted by Gasteiger charge is 2.27. The summed E-state index contributed by atoms with van der Waals surface area (Å²) >= 11 is 0. The van der Waals surface area contributed by atoms with Gasteiger partial charge in [-0.1, -0.05) is 6.08 Å². The summed E-state index contributed by atoms with van der Waals surface area (Å²) in [6.07, 6.45) is 2.69. The van der Waals surface area contributed by atoms with Gasteiger partial charge in [-0.25, -0.2) is 0 Å². The molecule has 0 aromatic carbocycles. The molecule has 0 spiro atoms. The quantitative estimate of drug-likeness (QED) is 0.580. The third kappa shape index (κ3) is 1.80. The van der Waals surface area contributed by atoms with Gasteiger partial charge in [-0.05, 0) is 6.42 Å². The summed E-state index contributed by atoms with van der Waals surface area (Å²) in [5, 5.41) is 3.10. The molecule has 0 aliphatic carbocycles. The van der Waals surface area contributed by atoms with Gasteiger partial charge in [0.25, 0.3) is 0 Å². The Bertz CT molecular complexity index is 167. The van der Waals surface area contributed by atoms with Crippen LogP contribution >= 0.6 is 0 Å². The van der Waals surface area contributed by atoms with Crippen molar-refractivity contribution >= 4 is 5.91 Å². The van der Waals surface area contributed by atoms with Crippen LogP contribution in [0, 0.1) is 0 Å². The van der Waals surface area contributed by atoms with E-state index in [4.69, 9.17) is 0 Å². The van der Waals surface area contributed by atoms with Crippen LogP contribution in [0.2, 0.25) is 0 Å². The first-order valence-electron chi connectivity index (χ1n) is 3.85.